The van der Waals surface area contributed by atoms with Crippen molar-refractivity contribution < 1.29 is 4.42 Å². The molecule has 2 heterocycles. The summed E-state index contributed by atoms with van der Waals surface area (Å²) in [5.41, 5.74) is 11.7. The molecule has 0 aliphatic rings. The maximum absolute atomic E-state index is 6.66. The normalized spacial score (nSPS) is 11.6. The van der Waals surface area contributed by atoms with Gasteiger partial charge in [0.05, 0.1) is 10.2 Å². The number of aromatic nitrogens is 1. The Labute approximate surface area is 322 Å². The molecule has 258 valence electrons. The molecule has 0 saturated carbocycles. The molecule has 4 heteroatoms. The third kappa shape index (κ3) is 5.54. The summed E-state index contributed by atoms with van der Waals surface area (Å²) in [6, 6.07) is 69.2. The Kier molecular flexibility index (Phi) is 7.35. The molecule has 0 atom stereocenters. The average molecular weight is 721 g/mol. The lowest BCUT2D eigenvalue weighted by Crippen LogP contribution is -2.09. The quantitative estimate of drug-likeness (QED) is 0.171. The number of furan rings is 1. The molecule has 0 N–H and O–H groups in total. The minimum absolute atomic E-state index is 0.851. The second-order valence-electron chi connectivity index (χ2n) is 14.0. The van der Waals surface area contributed by atoms with E-state index in [-0.39, 0.29) is 0 Å². The van der Waals surface area contributed by atoms with Crippen molar-refractivity contribution in [1.82, 2.24) is 4.98 Å². The second kappa shape index (κ2) is 12.8. The summed E-state index contributed by atoms with van der Waals surface area (Å²) in [6.07, 6.45) is 0. The van der Waals surface area contributed by atoms with Crippen molar-refractivity contribution in [1.29, 1.82) is 0 Å². The number of thiazole rings is 1. The first-order valence-electron chi connectivity index (χ1n) is 18.5. The zero-order chi connectivity index (χ0) is 36.3. The highest BCUT2D eigenvalue weighted by atomic mass is 32.1. The first-order valence-corrected chi connectivity index (χ1v) is 19.3. The predicted octanol–water partition coefficient (Wildman–Crippen LogP) is 15.0. The molecule has 0 spiro atoms. The van der Waals surface area contributed by atoms with Crippen LogP contribution in [0.25, 0.3) is 86.5 Å². The van der Waals surface area contributed by atoms with Gasteiger partial charge in [-0.05, 0) is 92.8 Å². The van der Waals surface area contributed by atoms with E-state index in [1.807, 2.05) is 0 Å². The van der Waals surface area contributed by atoms with Crippen LogP contribution in [0.5, 0.6) is 0 Å². The van der Waals surface area contributed by atoms with Gasteiger partial charge >= 0.3 is 0 Å². The van der Waals surface area contributed by atoms with Crippen molar-refractivity contribution in [2.75, 3.05) is 4.90 Å². The fraction of sp³-hybridized carbons (Fsp3) is 0. The van der Waals surface area contributed by atoms with Crippen molar-refractivity contribution in [3.05, 3.63) is 194 Å². The highest BCUT2D eigenvalue weighted by molar-refractivity contribution is 7.21. The summed E-state index contributed by atoms with van der Waals surface area (Å²) < 4.78 is 7.81. The summed E-state index contributed by atoms with van der Waals surface area (Å²) in [5.74, 6) is 0. The van der Waals surface area contributed by atoms with Gasteiger partial charge in [-0.1, -0.05) is 133 Å². The highest BCUT2D eigenvalue weighted by Crippen LogP contribution is 2.42. The number of rotatable bonds is 6. The Hall–Kier alpha value is -7.01. The minimum Gasteiger partial charge on any atom is -0.455 e. The summed E-state index contributed by atoms with van der Waals surface area (Å²) in [6.45, 7) is 0. The van der Waals surface area contributed by atoms with Gasteiger partial charge < -0.3 is 9.32 Å². The van der Waals surface area contributed by atoms with Gasteiger partial charge in [-0.2, -0.15) is 0 Å². The smallest absolute Gasteiger partial charge is 0.143 e. The summed E-state index contributed by atoms with van der Waals surface area (Å²) in [4.78, 5) is 7.36. The van der Waals surface area contributed by atoms with Crippen LogP contribution >= 0.6 is 11.3 Å². The van der Waals surface area contributed by atoms with Crippen molar-refractivity contribution >= 4 is 82.1 Å². The van der Waals surface area contributed by atoms with Gasteiger partial charge in [-0.15, -0.1) is 11.3 Å². The largest absolute Gasteiger partial charge is 0.455 e. The molecule has 55 heavy (non-hydrogen) atoms. The zero-order valence-corrected chi connectivity index (χ0v) is 30.5. The van der Waals surface area contributed by atoms with Crippen molar-refractivity contribution in [3.63, 3.8) is 0 Å². The summed E-state index contributed by atoms with van der Waals surface area (Å²) in [7, 11) is 0. The van der Waals surface area contributed by atoms with E-state index in [2.05, 4.69) is 199 Å². The lowest BCUT2D eigenvalue weighted by molar-refractivity contribution is 0.670. The Morgan fingerprint density at radius 2 is 1.00 bits per heavy atom. The van der Waals surface area contributed by atoms with Gasteiger partial charge in [-0.25, -0.2) is 4.98 Å². The van der Waals surface area contributed by atoms with Crippen molar-refractivity contribution in [2.45, 2.75) is 0 Å². The number of anilines is 3. The molecule has 0 radical (unpaired) electrons. The van der Waals surface area contributed by atoms with Gasteiger partial charge in [0.25, 0.3) is 0 Å². The molecule has 11 aromatic rings. The SMILES string of the molecule is c1ccc(N(c2ccc(-c3ccc4ccccc4c3)cc2)c2ccc(-c3cccc4c3oc3cc5nc(-c6ccc7ccccc7c6)sc5cc34)cc2)cc1. The highest BCUT2D eigenvalue weighted by Gasteiger charge is 2.17. The van der Waals surface area contributed by atoms with E-state index in [1.54, 1.807) is 11.3 Å². The second-order valence-corrected chi connectivity index (χ2v) is 15.0. The Morgan fingerprint density at radius 1 is 0.418 bits per heavy atom. The molecule has 0 aliphatic heterocycles. The standard InChI is InChI=1S/C51H32N2OS/c1-2-13-41(14-3-1)53(42-25-21-35(22-26-42)39-19-17-33-9-4-6-11-37(33)29-39)43-27-23-36(24-28-43)44-15-8-16-45-46-31-49-47(32-48(46)54-50(44)45)52-51(55-49)40-20-18-34-10-5-7-12-38(34)30-40/h1-32H. The molecule has 0 saturated heterocycles. The Bertz CT molecular complexity index is 3200. The van der Waals surface area contributed by atoms with E-state index in [0.29, 0.717) is 0 Å². The number of fused-ring (bicyclic) bond motifs is 6. The topological polar surface area (TPSA) is 29.3 Å². The van der Waals surface area contributed by atoms with Gasteiger partial charge in [0.2, 0.25) is 0 Å². The van der Waals surface area contributed by atoms with Gasteiger partial charge in [0, 0.05) is 45.0 Å². The van der Waals surface area contributed by atoms with Crippen LogP contribution in [0.15, 0.2) is 199 Å². The lowest BCUT2D eigenvalue weighted by Gasteiger charge is -2.26. The number of hydrogen-bond acceptors (Lipinski definition) is 4. The van der Waals surface area contributed by atoms with Crippen LogP contribution < -0.4 is 4.90 Å². The van der Waals surface area contributed by atoms with Crippen LogP contribution in [-0.2, 0) is 0 Å². The van der Waals surface area contributed by atoms with E-state index in [0.717, 1.165) is 70.9 Å². The maximum Gasteiger partial charge on any atom is 0.143 e. The average Bonchev–Trinajstić information content (AvgIpc) is 3.84. The number of para-hydroxylation sites is 2. The molecule has 0 unspecified atom stereocenters. The lowest BCUT2D eigenvalue weighted by atomic mass is 10.0. The minimum atomic E-state index is 0.851. The third-order valence-corrected chi connectivity index (χ3v) is 11.7. The fourth-order valence-electron chi connectivity index (χ4n) is 7.88. The Morgan fingerprint density at radius 3 is 1.71 bits per heavy atom. The van der Waals surface area contributed by atoms with E-state index in [4.69, 9.17) is 9.40 Å². The zero-order valence-electron chi connectivity index (χ0n) is 29.7. The first-order chi connectivity index (χ1) is 27.2. The number of nitrogens with zero attached hydrogens (tertiary/aromatic N) is 2. The van der Waals surface area contributed by atoms with Gasteiger partial charge in [0.1, 0.15) is 16.2 Å². The molecule has 0 bridgehead atoms. The molecular formula is C51H32N2OS. The molecule has 0 fully saturated rings. The van der Waals surface area contributed by atoms with E-state index in [1.165, 1.54) is 32.7 Å². The molecule has 0 amide bonds. The molecule has 9 aromatic carbocycles. The van der Waals surface area contributed by atoms with Crippen LogP contribution in [0.4, 0.5) is 17.1 Å². The molecular weight excluding hydrogens is 689 g/mol. The van der Waals surface area contributed by atoms with Gasteiger partial charge in [0.15, 0.2) is 0 Å². The monoisotopic (exact) mass is 720 g/mol. The molecule has 0 aliphatic carbocycles. The van der Waals surface area contributed by atoms with E-state index in [9.17, 15) is 0 Å². The number of benzene rings is 9. The summed E-state index contributed by atoms with van der Waals surface area (Å²) >= 11 is 1.73. The van der Waals surface area contributed by atoms with E-state index < -0.39 is 0 Å². The van der Waals surface area contributed by atoms with Crippen LogP contribution in [0.1, 0.15) is 0 Å². The maximum atomic E-state index is 6.66. The molecule has 11 rings (SSSR count). The van der Waals surface area contributed by atoms with Crippen LogP contribution in [0.3, 0.4) is 0 Å². The van der Waals surface area contributed by atoms with Crippen LogP contribution in [0, 0.1) is 0 Å². The van der Waals surface area contributed by atoms with Crippen LogP contribution in [0.2, 0.25) is 0 Å². The van der Waals surface area contributed by atoms with Gasteiger partial charge in [-0.3, -0.25) is 0 Å². The first kappa shape index (κ1) is 31.5. The molecule has 3 nitrogen and oxygen atoms in total. The molecule has 2 aromatic heterocycles. The Balaban J connectivity index is 0.932. The van der Waals surface area contributed by atoms with E-state index >= 15 is 0 Å². The fourth-order valence-corrected chi connectivity index (χ4v) is 8.86. The van der Waals surface area contributed by atoms with Crippen LogP contribution in [-0.4, -0.2) is 4.98 Å². The van der Waals surface area contributed by atoms with Crippen molar-refractivity contribution in [3.8, 4) is 32.8 Å². The summed E-state index contributed by atoms with van der Waals surface area (Å²) in [5, 5.41) is 8.19. The predicted molar refractivity (Wildman–Crippen MR) is 233 cm³/mol. The third-order valence-electron chi connectivity index (χ3n) is 10.7. The van der Waals surface area contributed by atoms with Crippen molar-refractivity contribution in [2.24, 2.45) is 0 Å². The number of hydrogen-bond donors (Lipinski definition) is 0.